The molecule has 110 valence electrons. The summed E-state index contributed by atoms with van der Waals surface area (Å²) < 4.78 is 0. The van der Waals surface area contributed by atoms with Gasteiger partial charge in [-0.3, -0.25) is 9.59 Å². The lowest BCUT2D eigenvalue weighted by molar-refractivity contribution is -0.127. The van der Waals surface area contributed by atoms with Gasteiger partial charge in [0.1, 0.15) is 0 Å². The molecule has 2 amide bonds. The highest BCUT2D eigenvalue weighted by atomic mass is 35.5. The molecule has 0 atom stereocenters. The summed E-state index contributed by atoms with van der Waals surface area (Å²) in [5, 5.41) is 5.88. The Hall–Kier alpha value is -1.26. The number of hydrogen-bond acceptors (Lipinski definition) is 2. The van der Waals surface area contributed by atoms with Crippen molar-refractivity contribution in [1.82, 2.24) is 5.32 Å². The largest absolute Gasteiger partial charge is 0.347 e. The molecule has 0 heterocycles. The van der Waals surface area contributed by atoms with Gasteiger partial charge in [-0.25, -0.2) is 0 Å². The number of rotatable bonds is 6. The zero-order valence-corrected chi connectivity index (χ0v) is 13.0. The van der Waals surface area contributed by atoms with Gasteiger partial charge in [-0.1, -0.05) is 43.1 Å². The SMILES string of the molecule is CCC(CC)C(=O)NCC(=O)Nc1cccc(Cl)c1Cl. The maximum Gasteiger partial charge on any atom is 0.243 e. The summed E-state index contributed by atoms with van der Waals surface area (Å²) in [6.45, 7) is 3.80. The fourth-order valence-electron chi connectivity index (χ4n) is 1.77. The van der Waals surface area contributed by atoms with Gasteiger partial charge in [0.25, 0.3) is 0 Å². The van der Waals surface area contributed by atoms with E-state index in [9.17, 15) is 9.59 Å². The fourth-order valence-corrected chi connectivity index (χ4v) is 2.11. The fraction of sp³-hybridized carbons (Fsp3) is 0.429. The van der Waals surface area contributed by atoms with Crippen LogP contribution in [-0.4, -0.2) is 18.4 Å². The third-order valence-electron chi connectivity index (χ3n) is 3.01. The van der Waals surface area contributed by atoms with Crippen LogP contribution in [0.3, 0.4) is 0 Å². The molecule has 0 aromatic heterocycles. The molecule has 1 aromatic rings. The van der Waals surface area contributed by atoms with Crippen molar-refractivity contribution in [2.75, 3.05) is 11.9 Å². The molecule has 1 aromatic carbocycles. The number of carbonyl (C=O) groups excluding carboxylic acids is 2. The highest BCUT2D eigenvalue weighted by Gasteiger charge is 2.15. The molecule has 2 N–H and O–H groups in total. The molecule has 0 saturated heterocycles. The van der Waals surface area contributed by atoms with Gasteiger partial charge in [0.2, 0.25) is 11.8 Å². The summed E-state index contributed by atoms with van der Waals surface area (Å²) >= 11 is 11.8. The van der Waals surface area contributed by atoms with Crippen molar-refractivity contribution in [3.63, 3.8) is 0 Å². The van der Waals surface area contributed by atoms with Crippen LogP contribution in [0.5, 0.6) is 0 Å². The van der Waals surface area contributed by atoms with Crippen molar-refractivity contribution in [1.29, 1.82) is 0 Å². The number of halogens is 2. The minimum absolute atomic E-state index is 0.0578. The number of hydrogen-bond donors (Lipinski definition) is 2. The first-order valence-electron chi connectivity index (χ1n) is 6.51. The molecular weight excluding hydrogens is 299 g/mol. The van der Waals surface area contributed by atoms with Crippen LogP contribution in [0.4, 0.5) is 5.69 Å². The predicted octanol–water partition coefficient (Wildman–Crippen LogP) is 3.48. The topological polar surface area (TPSA) is 58.2 Å². The number of anilines is 1. The third kappa shape index (κ3) is 4.69. The lowest BCUT2D eigenvalue weighted by atomic mass is 10.0. The Morgan fingerprint density at radius 1 is 1.20 bits per heavy atom. The van der Waals surface area contributed by atoms with Crippen molar-refractivity contribution >= 4 is 40.7 Å². The monoisotopic (exact) mass is 316 g/mol. The quantitative estimate of drug-likeness (QED) is 0.844. The van der Waals surface area contributed by atoms with Crippen LogP contribution in [0.1, 0.15) is 26.7 Å². The molecule has 0 saturated carbocycles. The first-order valence-corrected chi connectivity index (χ1v) is 7.26. The summed E-state index contributed by atoms with van der Waals surface area (Å²) in [6.07, 6.45) is 1.51. The molecule has 20 heavy (non-hydrogen) atoms. The van der Waals surface area contributed by atoms with E-state index in [2.05, 4.69) is 10.6 Å². The van der Waals surface area contributed by atoms with Gasteiger partial charge in [-0.15, -0.1) is 0 Å². The Kier molecular flexibility index (Phi) is 6.82. The minimum Gasteiger partial charge on any atom is -0.347 e. The summed E-state index contributed by atoms with van der Waals surface area (Å²) in [7, 11) is 0. The molecular formula is C14H18Cl2N2O2. The van der Waals surface area contributed by atoms with Gasteiger partial charge in [-0.05, 0) is 25.0 Å². The van der Waals surface area contributed by atoms with Crippen molar-refractivity contribution in [3.05, 3.63) is 28.2 Å². The molecule has 4 nitrogen and oxygen atoms in total. The normalized spacial score (nSPS) is 10.4. The van der Waals surface area contributed by atoms with Crippen LogP contribution in [0, 0.1) is 5.92 Å². The molecule has 0 aliphatic heterocycles. The average molecular weight is 317 g/mol. The Labute approximate surface area is 128 Å². The number of amides is 2. The van der Waals surface area contributed by atoms with Crippen LogP contribution in [0.15, 0.2) is 18.2 Å². The predicted molar refractivity (Wildman–Crippen MR) is 82.2 cm³/mol. The molecule has 0 aliphatic carbocycles. The highest BCUT2D eigenvalue weighted by Crippen LogP contribution is 2.29. The number of nitrogens with one attached hydrogen (secondary N) is 2. The standard InChI is InChI=1S/C14H18Cl2N2O2/c1-3-9(4-2)14(20)17-8-12(19)18-11-7-5-6-10(15)13(11)16/h5-7,9H,3-4,8H2,1-2H3,(H,17,20)(H,18,19). The molecule has 6 heteroatoms. The zero-order valence-electron chi connectivity index (χ0n) is 11.5. The molecule has 0 fully saturated rings. The Balaban J connectivity index is 2.52. The number of carbonyl (C=O) groups is 2. The second kappa shape index (κ2) is 8.12. The molecule has 0 spiro atoms. The second-order valence-electron chi connectivity index (χ2n) is 4.38. The van der Waals surface area contributed by atoms with Crippen LogP contribution < -0.4 is 10.6 Å². The van der Waals surface area contributed by atoms with Crippen LogP contribution in [-0.2, 0) is 9.59 Å². The van der Waals surface area contributed by atoms with E-state index in [1.165, 1.54) is 0 Å². The molecule has 0 radical (unpaired) electrons. The number of benzene rings is 1. The lowest BCUT2D eigenvalue weighted by Gasteiger charge is -2.13. The average Bonchev–Trinajstić information content (AvgIpc) is 2.43. The molecule has 0 bridgehead atoms. The van der Waals surface area contributed by atoms with Crippen molar-refractivity contribution in [2.24, 2.45) is 5.92 Å². The maximum absolute atomic E-state index is 11.8. The lowest BCUT2D eigenvalue weighted by Crippen LogP contribution is -2.36. The molecule has 0 unspecified atom stereocenters. The minimum atomic E-state index is -0.339. The zero-order chi connectivity index (χ0) is 15.1. The van der Waals surface area contributed by atoms with Crippen LogP contribution in [0.2, 0.25) is 10.0 Å². The van der Waals surface area contributed by atoms with E-state index < -0.39 is 0 Å². The van der Waals surface area contributed by atoms with Crippen molar-refractivity contribution in [2.45, 2.75) is 26.7 Å². The first-order chi connectivity index (χ1) is 9.49. The van der Waals surface area contributed by atoms with E-state index in [-0.39, 0.29) is 29.3 Å². The van der Waals surface area contributed by atoms with Gasteiger partial charge in [-0.2, -0.15) is 0 Å². The van der Waals surface area contributed by atoms with E-state index in [0.29, 0.717) is 10.7 Å². The van der Waals surface area contributed by atoms with Crippen LogP contribution >= 0.6 is 23.2 Å². The maximum atomic E-state index is 11.8. The van der Waals surface area contributed by atoms with E-state index in [1.807, 2.05) is 13.8 Å². The van der Waals surface area contributed by atoms with Crippen molar-refractivity contribution < 1.29 is 9.59 Å². The summed E-state index contributed by atoms with van der Waals surface area (Å²) in [5.74, 6) is -0.506. The van der Waals surface area contributed by atoms with Gasteiger partial charge in [0.15, 0.2) is 0 Å². The van der Waals surface area contributed by atoms with E-state index in [4.69, 9.17) is 23.2 Å². The van der Waals surface area contributed by atoms with Gasteiger partial charge < -0.3 is 10.6 Å². The molecule has 1 rings (SSSR count). The van der Waals surface area contributed by atoms with Gasteiger partial charge in [0, 0.05) is 5.92 Å². The van der Waals surface area contributed by atoms with E-state index in [1.54, 1.807) is 18.2 Å². The Bertz CT molecular complexity index is 488. The summed E-state index contributed by atoms with van der Waals surface area (Å²) in [5.41, 5.74) is 0.431. The Morgan fingerprint density at radius 2 is 1.85 bits per heavy atom. The summed E-state index contributed by atoms with van der Waals surface area (Å²) in [6, 6.07) is 4.97. The van der Waals surface area contributed by atoms with Crippen molar-refractivity contribution in [3.8, 4) is 0 Å². The van der Waals surface area contributed by atoms with Crippen LogP contribution in [0.25, 0.3) is 0 Å². The highest BCUT2D eigenvalue weighted by molar-refractivity contribution is 6.44. The van der Waals surface area contributed by atoms with E-state index >= 15 is 0 Å². The first kappa shape index (κ1) is 16.8. The summed E-state index contributed by atoms with van der Waals surface area (Å²) in [4.78, 5) is 23.5. The smallest absolute Gasteiger partial charge is 0.243 e. The van der Waals surface area contributed by atoms with Gasteiger partial charge in [0.05, 0.1) is 22.3 Å². The second-order valence-corrected chi connectivity index (χ2v) is 5.17. The van der Waals surface area contributed by atoms with Gasteiger partial charge >= 0.3 is 0 Å². The third-order valence-corrected chi connectivity index (χ3v) is 3.82. The Morgan fingerprint density at radius 3 is 2.45 bits per heavy atom. The molecule has 0 aliphatic rings. The van der Waals surface area contributed by atoms with E-state index in [0.717, 1.165) is 12.8 Å².